The molecule has 2 aromatic rings. The molecule has 1 aliphatic carbocycles. The summed E-state index contributed by atoms with van der Waals surface area (Å²) in [5.41, 5.74) is 1.50. The number of fused-ring (bicyclic) bond motifs is 1. The minimum atomic E-state index is -0.267. The van der Waals surface area contributed by atoms with Crippen LogP contribution in [0.15, 0.2) is 54.0 Å². The molecule has 0 bridgehead atoms. The fourth-order valence-corrected chi connectivity index (χ4v) is 1.93. The van der Waals surface area contributed by atoms with Gasteiger partial charge in [-0.05, 0) is 30.4 Å². The van der Waals surface area contributed by atoms with E-state index in [2.05, 4.69) is 4.98 Å². The standard InChI is InChI=1S/C14H10N2O3/c17-10-5-4-9(12(18)8-10)7-11-14(19)15-13-3-1-2-6-16(11)13/h1-8,18-19H/b9-7+. The number of aromatic hydroxyl groups is 1. The molecule has 0 amide bonds. The van der Waals surface area contributed by atoms with Crippen LogP contribution in [0.3, 0.4) is 0 Å². The first kappa shape index (κ1) is 11.3. The van der Waals surface area contributed by atoms with E-state index < -0.39 is 0 Å². The molecular weight excluding hydrogens is 244 g/mol. The molecule has 19 heavy (non-hydrogen) atoms. The Morgan fingerprint density at radius 3 is 2.84 bits per heavy atom. The van der Waals surface area contributed by atoms with Gasteiger partial charge in [-0.1, -0.05) is 6.07 Å². The van der Waals surface area contributed by atoms with Gasteiger partial charge in [-0.3, -0.25) is 9.20 Å². The minimum absolute atomic E-state index is 0.127. The van der Waals surface area contributed by atoms with Crippen LogP contribution < -0.4 is 0 Å². The van der Waals surface area contributed by atoms with Crippen LogP contribution >= 0.6 is 0 Å². The molecule has 0 spiro atoms. The number of aliphatic hydroxyl groups is 1. The van der Waals surface area contributed by atoms with Crippen LogP contribution in [-0.2, 0) is 4.79 Å². The Kier molecular flexibility index (Phi) is 2.45. The van der Waals surface area contributed by atoms with E-state index in [4.69, 9.17) is 0 Å². The lowest BCUT2D eigenvalue weighted by molar-refractivity contribution is -0.110. The van der Waals surface area contributed by atoms with E-state index in [1.54, 1.807) is 22.7 Å². The van der Waals surface area contributed by atoms with Crippen molar-refractivity contribution in [3.05, 3.63) is 59.7 Å². The van der Waals surface area contributed by atoms with Gasteiger partial charge < -0.3 is 10.2 Å². The van der Waals surface area contributed by atoms with Crippen LogP contribution in [0.1, 0.15) is 5.69 Å². The van der Waals surface area contributed by atoms with Crippen molar-refractivity contribution in [3.63, 3.8) is 0 Å². The number of carbonyl (C=O) groups is 1. The first-order chi connectivity index (χ1) is 9.15. The van der Waals surface area contributed by atoms with Crippen LogP contribution in [0, 0.1) is 0 Å². The number of hydrogen-bond donors (Lipinski definition) is 2. The van der Waals surface area contributed by atoms with Gasteiger partial charge in [-0.25, -0.2) is 0 Å². The zero-order chi connectivity index (χ0) is 13.4. The van der Waals surface area contributed by atoms with Crippen molar-refractivity contribution in [2.24, 2.45) is 0 Å². The lowest BCUT2D eigenvalue weighted by Crippen LogP contribution is -1.99. The van der Waals surface area contributed by atoms with E-state index in [0.29, 0.717) is 16.9 Å². The molecule has 0 atom stereocenters. The zero-order valence-corrected chi connectivity index (χ0v) is 9.82. The number of rotatable bonds is 1. The molecule has 94 valence electrons. The van der Waals surface area contributed by atoms with E-state index in [1.165, 1.54) is 12.2 Å². The third-order valence-electron chi connectivity index (χ3n) is 2.84. The zero-order valence-electron chi connectivity index (χ0n) is 9.82. The molecule has 0 fully saturated rings. The molecule has 1 aliphatic rings. The summed E-state index contributed by atoms with van der Waals surface area (Å²) < 4.78 is 1.69. The summed E-state index contributed by atoms with van der Waals surface area (Å²) in [7, 11) is 0. The van der Waals surface area contributed by atoms with Crippen molar-refractivity contribution in [3.8, 4) is 5.88 Å². The number of aromatic nitrogens is 2. The van der Waals surface area contributed by atoms with Crippen molar-refractivity contribution in [1.29, 1.82) is 0 Å². The summed E-state index contributed by atoms with van der Waals surface area (Å²) in [6, 6.07) is 5.39. The summed E-state index contributed by atoms with van der Waals surface area (Å²) in [6.07, 6.45) is 7.31. The Morgan fingerprint density at radius 1 is 1.21 bits per heavy atom. The lowest BCUT2D eigenvalue weighted by Gasteiger charge is -2.05. The topological polar surface area (TPSA) is 74.8 Å². The quantitative estimate of drug-likeness (QED) is 0.816. The van der Waals surface area contributed by atoms with Gasteiger partial charge in [0.05, 0.1) is 0 Å². The third kappa shape index (κ3) is 1.91. The smallest absolute Gasteiger partial charge is 0.237 e. The summed E-state index contributed by atoms with van der Waals surface area (Å²) in [5, 5.41) is 19.5. The molecule has 2 aromatic heterocycles. The second kappa shape index (κ2) is 4.13. The van der Waals surface area contributed by atoms with Gasteiger partial charge in [0, 0.05) is 17.8 Å². The highest BCUT2D eigenvalue weighted by molar-refractivity contribution is 6.02. The van der Waals surface area contributed by atoms with Gasteiger partial charge in [-0.2, -0.15) is 4.98 Å². The minimum Gasteiger partial charge on any atom is -0.507 e. The number of imidazole rings is 1. The van der Waals surface area contributed by atoms with Crippen molar-refractivity contribution >= 4 is 17.5 Å². The van der Waals surface area contributed by atoms with Crippen LogP contribution in [-0.4, -0.2) is 25.4 Å². The number of nitrogens with zero attached hydrogens (tertiary/aromatic N) is 2. The second-order valence-electron chi connectivity index (χ2n) is 4.11. The Bertz CT molecular complexity index is 766. The van der Waals surface area contributed by atoms with Crippen LogP contribution in [0.25, 0.3) is 11.7 Å². The molecule has 0 aliphatic heterocycles. The van der Waals surface area contributed by atoms with Gasteiger partial charge in [0.2, 0.25) is 5.88 Å². The van der Waals surface area contributed by atoms with E-state index in [9.17, 15) is 15.0 Å². The first-order valence-corrected chi connectivity index (χ1v) is 5.66. The third-order valence-corrected chi connectivity index (χ3v) is 2.84. The molecule has 0 radical (unpaired) electrons. The maximum absolute atomic E-state index is 11.1. The Labute approximate surface area is 108 Å². The van der Waals surface area contributed by atoms with Crippen molar-refractivity contribution in [2.45, 2.75) is 0 Å². The van der Waals surface area contributed by atoms with Crippen LogP contribution in [0.2, 0.25) is 0 Å². The molecule has 2 N–H and O–H groups in total. The van der Waals surface area contributed by atoms with Gasteiger partial charge in [0.1, 0.15) is 17.1 Å². The summed E-state index contributed by atoms with van der Waals surface area (Å²) in [5.74, 6) is -0.522. The Hall–Kier alpha value is -2.82. The molecular formula is C14H10N2O3. The van der Waals surface area contributed by atoms with Crippen molar-refractivity contribution < 1.29 is 15.0 Å². The van der Waals surface area contributed by atoms with Gasteiger partial charge in [0.25, 0.3) is 0 Å². The highest BCUT2D eigenvalue weighted by Gasteiger charge is 2.13. The molecule has 0 saturated heterocycles. The maximum atomic E-state index is 11.1. The fraction of sp³-hybridized carbons (Fsp3) is 0. The summed E-state index contributed by atoms with van der Waals surface area (Å²) in [4.78, 5) is 15.1. The van der Waals surface area contributed by atoms with Crippen molar-refractivity contribution in [1.82, 2.24) is 9.38 Å². The number of ketones is 1. The molecule has 0 unspecified atom stereocenters. The number of allylic oxidation sites excluding steroid dienone is 3. The maximum Gasteiger partial charge on any atom is 0.237 e. The van der Waals surface area contributed by atoms with E-state index in [0.717, 1.165) is 6.08 Å². The van der Waals surface area contributed by atoms with E-state index >= 15 is 0 Å². The first-order valence-electron chi connectivity index (χ1n) is 5.66. The SMILES string of the molecule is O=C1C=C/C(=C\c2c(O)nc3ccccn23)C(O)=C1. The molecule has 0 saturated carbocycles. The monoisotopic (exact) mass is 254 g/mol. The predicted molar refractivity (Wildman–Crippen MR) is 69.7 cm³/mol. The van der Waals surface area contributed by atoms with Gasteiger partial charge >= 0.3 is 0 Å². The highest BCUT2D eigenvalue weighted by atomic mass is 16.3. The molecule has 5 heteroatoms. The fourth-order valence-electron chi connectivity index (χ4n) is 1.93. The molecule has 5 nitrogen and oxygen atoms in total. The Balaban J connectivity index is 2.16. The van der Waals surface area contributed by atoms with E-state index in [1.807, 2.05) is 12.1 Å². The van der Waals surface area contributed by atoms with Crippen LogP contribution in [0.5, 0.6) is 5.88 Å². The highest BCUT2D eigenvalue weighted by Crippen LogP contribution is 2.24. The van der Waals surface area contributed by atoms with Gasteiger partial charge in [0.15, 0.2) is 5.78 Å². The van der Waals surface area contributed by atoms with Gasteiger partial charge in [-0.15, -0.1) is 0 Å². The summed E-state index contributed by atoms with van der Waals surface area (Å²) in [6.45, 7) is 0. The molecule has 3 rings (SSSR count). The van der Waals surface area contributed by atoms with Crippen molar-refractivity contribution in [2.75, 3.05) is 0 Å². The van der Waals surface area contributed by atoms with Crippen LogP contribution in [0.4, 0.5) is 0 Å². The number of aliphatic hydroxyl groups excluding tert-OH is 1. The average molecular weight is 254 g/mol. The lowest BCUT2D eigenvalue weighted by atomic mass is 10.1. The predicted octanol–water partition coefficient (Wildman–Crippen LogP) is 2.00. The number of hydrogen-bond acceptors (Lipinski definition) is 4. The average Bonchev–Trinajstić information content (AvgIpc) is 2.69. The molecule has 2 heterocycles. The summed E-state index contributed by atoms with van der Waals surface area (Å²) >= 11 is 0. The molecule has 0 aromatic carbocycles. The number of carbonyl (C=O) groups excluding carboxylic acids is 1. The second-order valence-corrected chi connectivity index (χ2v) is 4.11. The Morgan fingerprint density at radius 2 is 2.05 bits per heavy atom. The van der Waals surface area contributed by atoms with E-state index in [-0.39, 0.29) is 17.4 Å². The largest absolute Gasteiger partial charge is 0.507 e. The normalized spacial score (nSPS) is 17.2. The number of pyridine rings is 1.